The van der Waals surface area contributed by atoms with Crippen molar-refractivity contribution in [3.8, 4) is 0 Å². The summed E-state index contributed by atoms with van der Waals surface area (Å²) in [7, 11) is 0. The molecule has 1 heterocycles. The SMILES string of the molecule is O=C(c1csc(Br)c1)N(CCCl)CCCl. The molecule has 0 atom stereocenters. The van der Waals surface area contributed by atoms with E-state index < -0.39 is 0 Å². The minimum absolute atomic E-state index is 0.0155. The maximum Gasteiger partial charge on any atom is 0.254 e. The Morgan fingerprint density at radius 1 is 1.40 bits per heavy atom. The van der Waals surface area contributed by atoms with Crippen LogP contribution < -0.4 is 0 Å². The molecule has 0 saturated carbocycles. The normalized spacial score (nSPS) is 10.3. The Labute approximate surface area is 111 Å². The summed E-state index contributed by atoms with van der Waals surface area (Å²) >= 11 is 16.1. The van der Waals surface area contributed by atoms with Gasteiger partial charge in [0.2, 0.25) is 0 Å². The summed E-state index contributed by atoms with van der Waals surface area (Å²) in [6.45, 7) is 1.06. The molecular formula is C9H10BrCl2NOS. The number of rotatable bonds is 5. The highest BCUT2D eigenvalue weighted by molar-refractivity contribution is 9.11. The fraction of sp³-hybridized carbons (Fsp3) is 0.444. The highest BCUT2D eigenvalue weighted by atomic mass is 79.9. The molecule has 0 radical (unpaired) electrons. The van der Waals surface area contributed by atoms with Gasteiger partial charge in [0.25, 0.3) is 5.91 Å². The van der Waals surface area contributed by atoms with E-state index in [9.17, 15) is 4.79 Å². The molecule has 0 aliphatic heterocycles. The molecule has 0 fully saturated rings. The second-order valence-electron chi connectivity index (χ2n) is 2.81. The van der Waals surface area contributed by atoms with Gasteiger partial charge in [-0.05, 0) is 22.0 Å². The molecule has 1 aromatic rings. The van der Waals surface area contributed by atoms with Crippen molar-refractivity contribution < 1.29 is 4.79 Å². The van der Waals surface area contributed by atoms with Crippen molar-refractivity contribution in [3.05, 3.63) is 20.8 Å². The molecule has 1 aromatic heterocycles. The number of amides is 1. The third-order valence-corrected chi connectivity index (χ3v) is 3.65. The zero-order chi connectivity index (χ0) is 11.3. The van der Waals surface area contributed by atoms with Gasteiger partial charge in [0.1, 0.15) is 0 Å². The van der Waals surface area contributed by atoms with E-state index in [1.807, 2.05) is 11.4 Å². The Morgan fingerprint density at radius 2 is 2.00 bits per heavy atom. The first-order valence-corrected chi connectivity index (χ1v) is 7.08. The molecule has 1 amide bonds. The summed E-state index contributed by atoms with van der Waals surface area (Å²) in [4.78, 5) is 13.6. The Morgan fingerprint density at radius 3 is 2.40 bits per heavy atom. The van der Waals surface area contributed by atoms with Crippen molar-refractivity contribution in [2.45, 2.75) is 0 Å². The molecule has 1 rings (SSSR count). The maximum atomic E-state index is 11.9. The van der Waals surface area contributed by atoms with Gasteiger partial charge in [-0.2, -0.15) is 0 Å². The number of halogens is 3. The van der Waals surface area contributed by atoms with Crippen LogP contribution in [0.15, 0.2) is 15.2 Å². The number of thiophene rings is 1. The van der Waals surface area contributed by atoms with E-state index in [1.165, 1.54) is 11.3 Å². The molecule has 0 N–H and O–H groups in total. The van der Waals surface area contributed by atoms with Crippen LogP contribution in [-0.2, 0) is 0 Å². The number of carbonyl (C=O) groups is 1. The molecule has 2 nitrogen and oxygen atoms in total. The summed E-state index contributed by atoms with van der Waals surface area (Å²) < 4.78 is 0.947. The van der Waals surface area contributed by atoms with Crippen LogP contribution in [0.25, 0.3) is 0 Å². The first-order valence-electron chi connectivity index (χ1n) is 4.34. The van der Waals surface area contributed by atoms with Gasteiger partial charge in [-0.3, -0.25) is 4.79 Å². The third-order valence-electron chi connectivity index (χ3n) is 1.81. The molecule has 15 heavy (non-hydrogen) atoms. The minimum Gasteiger partial charge on any atom is -0.336 e. The number of alkyl halides is 2. The predicted octanol–water partition coefficient (Wildman–Crippen LogP) is 3.43. The maximum absolute atomic E-state index is 11.9. The number of hydrogen-bond acceptors (Lipinski definition) is 2. The van der Waals surface area contributed by atoms with Crippen molar-refractivity contribution in [1.29, 1.82) is 0 Å². The predicted molar refractivity (Wildman–Crippen MR) is 69.4 cm³/mol. The zero-order valence-corrected chi connectivity index (χ0v) is 11.8. The Bertz CT molecular complexity index is 326. The van der Waals surface area contributed by atoms with Crippen molar-refractivity contribution >= 4 is 56.4 Å². The largest absolute Gasteiger partial charge is 0.336 e. The molecular weight excluding hydrogens is 321 g/mol. The summed E-state index contributed by atoms with van der Waals surface area (Å²) in [6.07, 6.45) is 0. The standard InChI is InChI=1S/C9H10BrCl2NOS/c10-8-5-7(6-15-8)9(14)13(3-1-11)4-2-12/h5-6H,1-4H2. The molecule has 0 spiro atoms. The van der Waals surface area contributed by atoms with Crippen LogP contribution >= 0.6 is 50.5 Å². The molecule has 0 aliphatic carbocycles. The van der Waals surface area contributed by atoms with Gasteiger partial charge in [0.05, 0.1) is 9.35 Å². The van der Waals surface area contributed by atoms with Crippen molar-refractivity contribution in [2.75, 3.05) is 24.8 Å². The molecule has 84 valence electrons. The van der Waals surface area contributed by atoms with Crippen LogP contribution in [0, 0.1) is 0 Å². The second-order valence-corrected chi connectivity index (χ2v) is 5.86. The van der Waals surface area contributed by atoms with Crippen LogP contribution in [0.1, 0.15) is 10.4 Å². The van der Waals surface area contributed by atoms with Crippen LogP contribution in [-0.4, -0.2) is 35.7 Å². The molecule has 0 bridgehead atoms. The number of nitrogens with zero attached hydrogens (tertiary/aromatic N) is 1. The topological polar surface area (TPSA) is 20.3 Å². The third kappa shape index (κ3) is 3.94. The molecule has 0 unspecified atom stereocenters. The minimum atomic E-state index is -0.0155. The van der Waals surface area contributed by atoms with Gasteiger partial charge in [0.15, 0.2) is 0 Å². The summed E-state index contributed by atoms with van der Waals surface area (Å²) in [5, 5.41) is 1.82. The van der Waals surface area contributed by atoms with Gasteiger partial charge < -0.3 is 4.90 Å². The Kier molecular flexibility index (Phi) is 5.97. The summed E-state index contributed by atoms with van der Waals surface area (Å²) in [5.74, 6) is 0.834. The smallest absolute Gasteiger partial charge is 0.254 e. The van der Waals surface area contributed by atoms with Crippen LogP contribution in [0.3, 0.4) is 0 Å². The Hall–Kier alpha value is 0.230. The van der Waals surface area contributed by atoms with Gasteiger partial charge >= 0.3 is 0 Å². The fourth-order valence-electron chi connectivity index (χ4n) is 1.12. The van der Waals surface area contributed by atoms with Gasteiger partial charge in [-0.1, -0.05) is 0 Å². The molecule has 0 saturated heterocycles. The average Bonchev–Trinajstić information content (AvgIpc) is 2.63. The van der Waals surface area contributed by atoms with Crippen LogP contribution in [0.4, 0.5) is 0 Å². The summed E-state index contributed by atoms with van der Waals surface area (Å²) in [6, 6.07) is 1.81. The van der Waals surface area contributed by atoms with E-state index in [1.54, 1.807) is 4.90 Å². The van der Waals surface area contributed by atoms with E-state index in [0.29, 0.717) is 30.4 Å². The van der Waals surface area contributed by atoms with E-state index in [4.69, 9.17) is 23.2 Å². The lowest BCUT2D eigenvalue weighted by atomic mass is 10.3. The highest BCUT2D eigenvalue weighted by Gasteiger charge is 2.15. The lowest BCUT2D eigenvalue weighted by Gasteiger charge is -2.19. The summed E-state index contributed by atoms with van der Waals surface area (Å²) in [5.41, 5.74) is 0.683. The van der Waals surface area contributed by atoms with Crippen LogP contribution in [0.2, 0.25) is 0 Å². The fourth-order valence-corrected chi connectivity index (χ4v) is 2.66. The Balaban J connectivity index is 2.71. The van der Waals surface area contributed by atoms with E-state index >= 15 is 0 Å². The molecule has 0 aromatic carbocycles. The van der Waals surface area contributed by atoms with Crippen molar-refractivity contribution in [1.82, 2.24) is 4.90 Å². The van der Waals surface area contributed by atoms with E-state index in [2.05, 4.69) is 15.9 Å². The second kappa shape index (κ2) is 6.74. The highest BCUT2D eigenvalue weighted by Crippen LogP contribution is 2.21. The molecule has 6 heteroatoms. The van der Waals surface area contributed by atoms with Gasteiger partial charge in [0, 0.05) is 30.2 Å². The quantitative estimate of drug-likeness (QED) is 0.757. The van der Waals surface area contributed by atoms with Gasteiger partial charge in [-0.15, -0.1) is 34.5 Å². The monoisotopic (exact) mass is 329 g/mol. The number of carbonyl (C=O) groups excluding carboxylic acids is 1. The molecule has 0 aliphatic rings. The first-order chi connectivity index (χ1) is 7.19. The van der Waals surface area contributed by atoms with Crippen molar-refractivity contribution in [3.63, 3.8) is 0 Å². The van der Waals surface area contributed by atoms with E-state index in [-0.39, 0.29) is 5.91 Å². The zero-order valence-electron chi connectivity index (χ0n) is 7.88. The lowest BCUT2D eigenvalue weighted by molar-refractivity contribution is 0.0775. The van der Waals surface area contributed by atoms with Crippen LogP contribution in [0.5, 0.6) is 0 Å². The van der Waals surface area contributed by atoms with Gasteiger partial charge in [-0.25, -0.2) is 0 Å². The van der Waals surface area contributed by atoms with Crippen molar-refractivity contribution in [2.24, 2.45) is 0 Å². The number of hydrogen-bond donors (Lipinski definition) is 0. The average molecular weight is 331 g/mol. The van der Waals surface area contributed by atoms with E-state index in [0.717, 1.165) is 3.79 Å². The lowest BCUT2D eigenvalue weighted by Crippen LogP contribution is -2.34. The first kappa shape index (κ1) is 13.3.